The third-order valence-electron chi connectivity index (χ3n) is 8.34. The summed E-state index contributed by atoms with van der Waals surface area (Å²) in [6.45, 7) is 7.15. The van der Waals surface area contributed by atoms with Gasteiger partial charge in [0.1, 0.15) is 0 Å². The van der Waals surface area contributed by atoms with E-state index in [2.05, 4.69) is 56.3 Å². The Bertz CT molecular complexity index is 780. The number of fused-ring (bicyclic) bond motifs is 1. The molecule has 34 heavy (non-hydrogen) atoms. The number of likely N-dealkylation sites (tertiary alicyclic amines) is 1. The summed E-state index contributed by atoms with van der Waals surface area (Å²) in [5.74, 6) is 0. The van der Waals surface area contributed by atoms with E-state index in [0.717, 1.165) is 32.3 Å². The Kier molecular flexibility index (Phi) is 8.43. The molecule has 5 rings (SSSR count). The fourth-order valence-electron chi connectivity index (χ4n) is 6.41. The van der Waals surface area contributed by atoms with E-state index < -0.39 is 0 Å². The zero-order valence-electron chi connectivity index (χ0n) is 20.9. The number of piperidine rings is 1. The molecule has 1 aliphatic carbocycles. The lowest BCUT2D eigenvalue weighted by atomic mass is 9.93. The fourth-order valence-corrected chi connectivity index (χ4v) is 6.41. The van der Waals surface area contributed by atoms with E-state index in [0.29, 0.717) is 19.1 Å². The van der Waals surface area contributed by atoms with Crippen LogP contribution in [0.4, 0.5) is 11.4 Å². The van der Waals surface area contributed by atoms with Crippen LogP contribution in [0.15, 0.2) is 36.7 Å². The number of para-hydroxylation sites is 2. The van der Waals surface area contributed by atoms with E-state index in [1.165, 1.54) is 82.3 Å². The van der Waals surface area contributed by atoms with Crippen LogP contribution in [0.2, 0.25) is 0 Å². The predicted octanol–water partition coefficient (Wildman–Crippen LogP) is 4.05. The summed E-state index contributed by atoms with van der Waals surface area (Å²) in [6, 6.07) is 10.1. The first-order valence-electron chi connectivity index (χ1n) is 13.8. The minimum absolute atomic E-state index is 0.380. The van der Waals surface area contributed by atoms with Crippen molar-refractivity contribution < 1.29 is 9.84 Å². The van der Waals surface area contributed by atoms with Gasteiger partial charge in [0, 0.05) is 63.8 Å². The van der Waals surface area contributed by atoms with Gasteiger partial charge in [-0.05, 0) is 37.8 Å². The van der Waals surface area contributed by atoms with Crippen molar-refractivity contribution in [3.05, 3.63) is 36.7 Å². The molecule has 0 aromatic heterocycles. The van der Waals surface area contributed by atoms with Crippen molar-refractivity contribution in [2.24, 2.45) is 0 Å². The standard InChI is InChI=1S/C28H44N4O2/c33-26(22-29-18-20-34-21-19-29)23-31-16-17-32(28-11-7-6-10-27(28)31)25-12-14-30(15-13-25)24-8-4-2-1-3-5-9-24/h6-7,10-11,16-17,24-26,33H,1-5,8-9,12-15,18-23H2. The van der Waals surface area contributed by atoms with Gasteiger partial charge in [0.05, 0.1) is 30.7 Å². The third-order valence-corrected chi connectivity index (χ3v) is 8.34. The first-order valence-corrected chi connectivity index (χ1v) is 13.8. The van der Waals surface area contributed by atoms with Crippen LogP contribution in [0.3, 0.4) is 0 Å². The first-order chi connectivity index (χ1) is 16.8. The number of hydrogen-bond acceptors (Lipinski definition) is 6. The Morgan fingerprint density at radius 1 is 0.765 bits per heavy atom. The van der Waals surface area contributed by atoms with Gasteiger partial charge in [-0.25, -0.2) is 0 Å². The van der Waals surface area contributed by atoms with Crippen LogP contribution < -0.4 is 9.80 Å². The molecule has 0 bridgehead atoms. The lowest BCUT2D eigenvalue weighted by Crippen LogP contribution is -2.48. The second-order valence-corrected chi connectivity index (χ2v) is 10.7. The number of morpholine rings is 1. The zero-order valence-corrected chi connectivity index (χ0v) is 20.9. The number of aliphatic hydroxyl groups is 1. The molecule has 0 amide bonds. The van der Waals surface area contributed by atoms with Crippen LogP contribution in [-0.2, 0) is 4.74 Å². The van der Waals surface area contributed by atoms with Crippen LogP contribution in [0, 0.1) is 0 Å². The van der Waals surface area contributed by atoms with Crippen molar-refractivity contribution in [2.45, 2.75) is 76.0 Å². The molecule has 1 saturated carbocycles. The zero-order chi connectivity index (χ0) is 23.2. The highest BCUT2D eigenvalue weighted by Gasteiger charge is 2.31. The summed E-state index contributed by atoms with van der Waals surface area (Å²) in [7, 11) is 0. The minimum atomic E-state index is -0.380. The molecule has 1 aromatic rings. The summed E-state index contributed by atoms with van der Waals surface area (Å²) in [4.78, 5) is 9.86. The van der Waals surface area contributed by atoms with Gasteiger partial charge < -0.3 is 24.5 Å². The topological polar surface area (TPSA) is 42.4 Å². The summed E-state index contributed by atoms with van der Waals surface area (Å²) in [6.07, 6.45) is 16.5. The Hall–Kier alpha value is -1.60. The number of β-amino-alcohol motifs (C(OH)–C–C–N with tert-alkyl or cyclic N) is 1. The van der Waals surface area contributed by atoms with Crippen LogP contribution in [0.5, 0.6) is 0 Å². The smallest absolute Gasteiger partial charge is 0.0845 e. The van der Waals surface area contributed by atoms with E-state index in [1.807, 2.05) is 0 Å². The number of aliphatic hydroxyl groups excluding tert-OH is 1. The summed E-state index contributed by atoms with van der Waals surface area (Å²) in [5, 5.41) is 10.8. The number of rotatable bonds is 6. The fraction of sp³-hybridized carbons (Fsp3) is 0.714. The van der Waals surface area contributed by atoms with Crippen LogP contribution >= 0.6 is 0 Å². The van der Waals surface area contributed by atoms with Crippen molar-refractivity contribution >= 4 is 11.4 Å². The normalized spacial score (nSPS) is 25.1. The van der Waals surface area contributed by atoms with Crippen molar-refractivity contribution in [2.75, 3.05) is 62.3 Å². The molecule has 188 valence electrons. The molecular weight excluding hydrogens is 424 g/mol. The summed E-state index contributed by atoms with van der Waals surface area (Å²) < 4.78 is 5.45. The molecule has 1 aromatic carbocycles. The molecule has 6 nitrogen and oxygen atoms in total. The van der Waals surface area contributed by atoms with Crippen molar-refractivity contribution in [3.8, 4) is 0 Å². The average molecular weight is 469 g/mol. The average Bonchev–Trinajstić information content (AvgIpc) is 2.85. The quantitative estimate of drug-likeness (QED) is 0.679. The van der Waals surface area contributed by atoms with Crippen molar-refractivity contribution in [1.82, 2.24) is 9.80 Å². The van der Waals surface area contributed by atoms with Gasteiger partial charge in [-0.3, -0.25) is 4.90 Å². The number of nitrogens with zero attached hydrogens (tertiary/aromatic N) is 4. The molecule has 1 N–H and O–H groups in total. The number of anilines is 2. The van der Waals surface area contributed by atoms with Gasteiger partial charge >= 0.3 is 0 Å². The van der Waals surface area contributed by atoms with E-state index in [1.54, 1.807) is 0 Å². The maximum Gasteiger partial charge on any atom is 0.0845 e. The van der Waals surface area contributed by atoms with E-state index in [4.69, 9.17) is 4.74 Å². The molecule has 0 spiro atoms. The SMILES string of the molecule is OC(CN1CCOCC1)CN1C=CN(C2CCN(C3CCCCCCC3)CC2)c2ccccc21. The lowest BCUT2D eigenvalue weighted by Gasteiger charge is -2.44. The monoisotopic (exact) mass is 468 g/mol. The predicted molar refractivity (Wildman–Crippen MR) is 139 cm³/mol. The second kappa shape index (κ2) is 11.9. The third kappa shape index (κ3) is 5.96. The molecule has 0 radical (unpaired) electrons. The van der Waals surface area contributed by atoms with E-state index >= 15 is 0 Å². The molecule has 2 saturated heterocycles. The van der Waals surface area contributed by atoms with Gasteiger partial charge in [0.25, 0.3) is 0 Å². The maximum absolute atomic E-state index is 10.8. The van der Waals surface area contributed by atoms with E-state index in [-0.39, 0.29) is 6.10 Å². The van der Waals surface area contributed by atoms with Gasteiger partial charge in [-0.15, -0.1) is 0 Å². The molecule has 1 unspecified atom stereocenters. The second-order valence-electron chi connectivity index (χ2n) is 10.7. The molecule has 4 aliphatic rings. The molecule has 3 heterocycles. The molecule has 6 heteroatoms. The number of ether oxygens (including phenoxy) is 1. The highest BCUT2D eigenvalue weighted by Crippen LogP contribution is 2.37. The molecule has 3 fully saturated rings. The largest absolute Gasteiger partial charge is 0.390 e. The Morgan fingerprint density at radius 3 is 2.18 bits per heavy atom. The highest BCUT2D eigenvalue weighted by atomic mass is 16.5. The summed E-state index contributed by atoms with van der Waals surface area (Å²) >= 11 is 0. The molecular formula is C28H44N4O2. The van der Waals surface area contributed by atoms with Crippen LogP contribution in [0.25, 0.3) is 0 Å². The Balaban J connectivity index is 1.19. The number of benzene rings is 1. The molecule has 3 aliphatic heterocycles. The highest BCUT2D eigenvalue weighted by molar-refractivity contribution is 5.76. The van der Waals surface area contributed by atoms with Gasteiger partial charge in [-0.1, -0.05) is 44.2 Å². The number of hydrogen-bond donors (Lipinski definition) is 1. The van der Waals surface area contributed by atoms with Crippen molar-refractivity contribution in [1.29, 1.82) is 0 Å². The van der Waals surface area contributed by atoms with E-state index in [9.17, 15) is 5.11 Å². The van der Waals surface area contributed by atoms with Gasteiger partial charge in [0.15, 0.2) is 0 Å². The first kappa shape index (κ1) is 24.1. The maximum atomic E-state index is 10.8. The van der Waals surface area contributed by atoms with Gasteiger partial charge in [-0.2, -0.15) is 0 Å². The Morgan fingerprint density at radius 2 is 1.44 bits per heavy atom. The van der Waals surface area contributed by atoms with Crippen LogP contribution in [0.1, 0.15) is 57.8 Å². The van der Waals surface area contributed by atoms with Crippen molar-refractivity contribution in [3.63, 3.8) is 0 Å². The van der Waals surface area contributed by atoms with Crippen LogP contribution in [-0.4, -0.2) is 85.6 Å². The Labute approximate surface area is 206 Å². The minimum Gasteiger partial charge on any atom is -0.390 e. The summed E-state index contributed by atoms with van der Waals surface area (Å²) in [5.41, 5.74) is 2.50. The van der Waals surface area contributed by atoms with Gasteiger partial charge in [0.2, 0.25) is 0 Å². The lowest BCUT2D eigenvalue weighted by molar-refractivity contribution is 0.0164. The molecule has 1 atom stereocenters.